The molecule has 1 aromatic carbocycles. The highest BCUT2D eigenvalue weighted by Gasteiger charge is 2.53. The van der Waals surface area contributed by atoms with E-state index < -0.39 is 27.9 Å². The van der Waals surface area contributed by atoms with Crippen molar-refractivity contribution in [2.75, 3.05) is 7.11 Å². The molecule has 0 bridgehead atoms. The van der Waals surface area contributed by atoms with Crippen molar-refractivity contribution in [1.29, 1.82) is 0 Å². The number of esters is 2. The first-order chi connectivity index (χ1) is 10.6. The predicted octanol–water partition coefficient (Wildman–Crippen LogP) is 2.75. The molecule has 0 radical (unpaired) electrons. The van der Waals surface area contributed by atoms with Crippen LogP contribution in [0.25, 0.3) is 0 Å². The van der Waals surface area contributed by atoms with Gasteiger partial charge in [-0.25, -0.2) is 4.79 Å². The molecule has 0 saturated heterocycles. The fourth-order valence-corrected chi connectivity index (χ4v) is 2.42. The van der Waals surface area contributed by atoms with Crippen LogP contribution in [0, 0.1) is 10.1 Å². The average Bonchev–Trinajstić information content (AvgIpc) is 3.25. The number of nitro groups is 1. The van der Waals surface area contributed by atoms with Crippen molar-refractivity contribution in [2.45, 2.75) is 44.6 Å². The van der Waals surface area contributed by atoms with Gasteiger partial charge in [0.2, 0.25) is 0 Å². The molecule has 1 saturated carbocycles. The molecule has 1 aromatic rings. The van der Waals surface area contributed by atoms with Gasteiger partial charge >= 0.3 is 11.9 Å². The number of rotatable bonds is 4. The minimum absolute atomic E-state index is 0.155. The van der Waals surface area contributed by atoms with E-state index >= 15 is 0 Å². The summed E-state index contributed by atoms with van der Waals surface area (Å²) in [5, 5.41) is 11.2. The lowest BCUT2D eigenvalue weighted by molar-refractivity contribution is -0.385. The van der Waals surface area contributed by atoms with Crippen molar-refractivity contribution in [1.82, 2.24) is 0 Å². The van der Waals surface area contributed by atoms with Crippen LogP contribution >= 0.6 is 0 Å². The number of carbonyl (C=O) groups is 2. The van der Waals surface area contributed by atoms with Crippen LogP contribution in [0.1, 0.15) is 49.5 Å². The molecule has 1 aliphatic carbocycles. The Labute approximate surface area is 133 Å². The molecular formula is C16H19NO6. The Kier molecular flexibility index (Phi) is 4.15. The summed E-state index contributed by atoms with van der Waals surface area (Å²) >= 11 is 0. The van der Waals surface area contributed by atoms with Gasteiger partial charge < -0.3 is 9.47 Å². The van der Waals surface area contributed by atoms with Crippen molar-refractivity contribution in [3.8, 4) is 0 Å². The van der Waals surface area contributed by atoms with Gasteiger partial charge in [-0.2, -0.15) is 0 Å². The summed E-state index contributed by atoms with van der Waals surface area (Å²) in [6, 6.07) is 4.10. The first kappa shape index (κ1) is 16.9. The maximum Gasteiger partial charge on any atom is 0.345 e. The Bertz CT molecular complexity index is 670. The second-order valence-electron chi connectivity index (χ2n) is 6.56. The Morgan fingerprint density at radius 1 is 1.26 bits per heavy atom. The molecular weight excluding hydrogens is 302 g/mol. The third-order valence-electron chi connectivity index (χ3n) is 3.69. The van der Waals surface area contributed by atoms with E-state index in [4.69, 9.17) is 9.47 Å². The minimum atomic E-state index is -0.805. The minimum Gasteiger partial charge on any atom is -0.468 e. The van der Waals surface area contributed by atoms with Crippen LogP contribution in [0.3, 0.4) is 0 Å². The molecule has 1 fully saturated rings. The monoisotopic (exact) mass is 321 g/mol. The molecule has 0 amide bonds. The van der Waals surface area contributed by atoms with Gasteiger partial charge in [-0.3, -0.25) is 14.9 Å². The van der Waals surface area contributed by atoms with Crippen LogP contribution in [0.4, 0.5) is 5.69 Å². The number of carbonyl (C=O) groups excluding carboxylic acids is 2. The van der Waals surface area contributed by atoms with Crippen LogP contribution in [0.15, 0.2) is 18.2 Å². The van der Waals surface area contributed by atoms with E-state index in [1.807, 2.05) is 0 Å². The second kappa shape index (κ2) is 5.64. The second-order valence-corrected chi connectivity index (χ2v) is 6.56. The molecule has 124 valence electrons. The summed E-state index contributed by atoms with van der Waals surface area (Å²) in [4.78, 5) is 34.8. The van der Waals surface area contributed by atoms with Crippen molar-refractivity contribution < 1.29 is 24.0 Å². The molecule has 0 N–H and O–H groups in total. The van der Waals surface area contributed by atoms with Crippen molar-refractivity contribution >= 4 is 17.6 Å². The summed E-state index contributed by atoms with van der Waals surface area (Å²) in [6.45, 7) is 5.03. The van der Waals surface area contributed by atoms with Crippen molar-refractivity contribution in [2.24, 2.45) is 0 Å². The zero-order valence-corrected chi connectivity index (χ0v) is 13.5. The van der Waals surface area contributed by atoms with E-state index in [1.54, 1.807) is 20.8 Å². The molecule has 7 nitrogen and oxygen atoms in total. The molecule has 0 spiro atoms. The lowest BCUT2D eigenvalue weighted by Gasteiger charge is -2.20. The number of benzene rings is 1. The smallest absolute Gasteiger partial charge is 0.345 e. The number of hydrogen-bond donors (Lipinski definition) is 0. The summed E-state index contributed by atoms with van der Waals surface area (Å²) in [5.41, 5.74) is -1.54. The Hall–Kier alpha value is -2.44. The van der Waals surface area contributed by atoms with E-state index in [0.717, 1.165) is 0 Å². The standard InChI is InChI=1S/C16H19NO6/c1-15(2,3)23-13(18)11-9-10(5-6-12(11)17(20)21)16(7-8-16)14(19)22-4/h5-6,9H,7-8H2,1-4H3. The maximum absolute atomic E-state index is 12.3. The number of nitrogens with zero attached hydrogens (tertiary/aromatic N) is 1. The molecule has 0 aliphatic heterocycles. The predicted molar refractivity (Wildman–Crippen MR) is 81.2 cm³/mol. The van der Waals surface area contributed by atoms with Crippen LogP contribution in [0.2, 0.25) is 0 Å². The third kappa shape index (κ3) is 3.33. The fraction of sp³-hybridized carbons (Fsp3) is 0.500. The summed E-state index contributed by atoms with van der Waals surface area (Å²) in [5.74, 6) is -1.19. The molecule has 1 aliphatic rings. The fourth-order valence-electron chi connectivity index (χ4n) is 2.42. The van der Waals surface area contributed by atoms with E-state index in [1.165, 1.54) is 25.3 Å². The zero-order chi connectivity index (χ0) is 17.4. The average molecular weight is 321 g/mol. The maximum atomic E-state index is 12.3. The van der Waals surface area contributed by atoms with Gasteiger partial charge in [0.05, 0.1) is 17.4 Å². The number of nitro benzene ring substituents is 1. The van der Waals surface area contributed by atoms with Gasteiger partial charge in [0.1, 0.15) is 11.2 Å². The van der Waals surface area contributed by atoms with Crippen LogP contribution in [-0.4, -0.2) is 29.6 Å². The highest BCUT2D eigenvalue weighted by Crippen LogP contribution is 2.49. The molecule has 7 heteroatoms. The van der Waals surface area contributed by atoms with Crippen molar-refractivity contribution in [3.05, 3.63) is 39.4 Å². The first-order valence-corrected chi connectivity index (χ1v) is 7.21. The van der Waals surface area contributed by atoms with Gasteiger partial charge in [0.15, 0.2) is 0 Å². The van der Waals surface area contributed by atoms with Crippen LogP contribution < -0.4 is 0 Å². The van der Waals surface area contributed by atoms with E-state index in [2.05, 4.69) is 0 Å². The molecule has 0 heterocycles. The van der Waals surface area contributed by atoms with Gasteiger partial charge in [0.25, 0.3) is 5.69 Å². The summed E-state index contributed by atoms with van der Waals surface area (Å²) in [6.07, 6.45) is 1.18. The SMILES string of the molecule is COC(=O)C1(c2ccc([N+](=O)[O-])c(C(=O)OC(C)(C)C)c2)CC1. The van der Waals surface area contributed by atoms with Gasteiger partial charge in [-0.05, 0) is 45.2 Å². The number of hydrogen-bond acceptors (Lipinski definition) is 6. The molecule has 0 atom stereocenters. The molecule has 0 aromatic heterocycles. The quantitative estimate of drug-likeness (QED) is 0.480. The van der Waals surface area contributed by atoms with Gasteiger partial charge in [0, 0.05) is 6.07 Å². The Morgan fingerprint density at radius 3 is 2.30 bits per heavy atom. The van der Waals surface area contributed by atoms with E-state index in [-0.39, 0.29) is 11.3 Å². The normalized spacial score (nSPS) is 15.7. The summed E-state index contributed by atoms with van der Waals surface area (Å²) in [7, 11) is 1.29. The van der Waals surface area contributed by atoms with Crippen LogP contribution in [0.5, 0.6) is 0 Å². The van der Waals surface area contributed by atoms with Gasteiger partial charge in [-0.1, -0.05) is 6.07 Å². The third-order valence-corrected chi connectivity index (χ3v) is 3.69. The highest BCUT2D eigenvalue weighted by molar-refractivity contribution is 5.95. The summed E-state index contributed by atoms with van der Waals surface area (Å²) < 4.78 is 10.0. The number of ether oxygens (including phenoxy) is 2. The van der Waals surface area contributed by atoms with Gasteiger partial charge in [-0.15, -0.1) is 0 Å². The lowest BCUT2D eigenvalue weighted by Crippen LogP contribution is -2.26. The van der Waals surface area contributed by atoms with E-state index in [9.17, 15) is 19.7 Å². The molecule has 0 unspecified atom stereocenters. The number of methoxy groups -OCH3 is 1. The van der Waals surface area contributed by atoms with Crippen LogP contribution in [-0.2, 0) is 19.7 Å². The van der Waals surface area contributed by atoms with E-state index in [0.29, 0.717) is 18.4 Å². The largest absolute Gasteiger partial charge is 0.468 e. The molecule has 2 rings (SSSR count). The highest BCUT2D eigenvalue weighted by atomic mass is 16.6. The molecule has 23 heavy (non-hydrogen) atoms. The Morgan fingerprint density at radius 2 is 1.87 bits per heavy atom. The first-order valence-electron chi connectivity index (χ1n) is 7.21. The topological polar surface area (TPSA) is 95.7 Å². The Balaban J connectivity index is 2.47. The van der Waals surface area contributed by atoms with Crippen molar-refractivity contribution in [3.63, 3.8) is 0 Å². The zero-order valence-electron chi connectivity index (χ0n) is 13.5. The lowest BCUT2D eigenvalue weighted by atomic mass is 9.93.